The van der Waals surface area contributed by atoms with E-state index in [-0.39, 0.29) is 0 Å². The van der Waals surface area contributed by atoms with Crippen LogP contribution in [0.4, 0.5) is 0 Å². The molecular weight excluding hydrogens is 274 g/mol. The van der Waals surface area contributed by atoms with Gasteiger partial charge in [0.05, 0.1) is 0 Å². The van der Waals surface area contributed by atoms with E-state index in [1.165, 1.54) is 31.5 Å². The van der Waals surface area contributed by atoms with Gasteiger partial charge in [0.2, 0.25) is 5.89 Å². The summed E-state index contributed by atoms with van der Waals surface area (Å²) >= 11 is 0. The third-order valence-electron chi connectivity index (χ3n) is 5.17. The number of piperidine rings is 3. The Kier molecular flexibility index (Phi) is 3.94. The van der Waals surface area contributed by atoms with E-state index in [1.807, 2.05) is 0 Å². The summed E-state index contributed by atoms with van der Waals surface area (Å²) in [5, 5.41) is 4.27. The van der Waals surface area contributed by atoms with Crippen LogP contribution in [0.25, 0.3) is 0 Å². The number of rotatable bonds is 5. The van der Waals surface area contributed by atoms with Gasteiger partial charge >= 0.3 is 0 Å². The molecule has 3 aliphatic rings. The SMILES string of the molecule is c1ccc(CCCc2nc(C3CN4CCC3CC4)no2)cc1. The molecule has 1 unspecified atom stereocenters. The molecule has 4 heterocycles. The Morgan fingerprint density at radius 3 is 2.64 bits per heavy atom. The summed E-state index contributed by atoms with van der Waals surface area (Å²) in [4.78, 5) is 7.22. The summed E-state index contributed by atoms with van der Waals surface area (Å²) in [7, 11) is 0. The van der Waals surface area contributed by atoms with E-state index in [4.69, 9.17) is 4.52 Å². The second-order valence-electron chi connectivity index (χ2n) is 6.63. The zero-order chi connectivity index (χ0) is 14.8. The van der Waals surface area contributed by atoms with Gasteiger partial charge in [0.1, 0.15) is 0 Å². The van der Waals surface area contributed by atoms with E-state index >= 15 is 0 Å². The average molecular weight is 297 g/mol. The molecule has 2 bridgehead atoms. The first-order valence-corrected chi connectivity index (χ1v) is 8.47. The molecule has 1 aromatic heterocycles. The molecule has 5 rings (SSSR count). The zero-order valence-electron chi connectivity index (χ0n) is 12.9. The van der Waals surface area contributed by atoms with Crippen molar-refractivity contribution in [3.05, 3.63) is 47.6 Å². The minimum atomic E-state index is 0.495. The lowest BCUT2D eigenvalue weighted by atomic mass is 9.79. The molecule has 0 N–H and O–H groups in total. The number of hydrogen-bond acceptors (Lipinski definition) is 4. The molecule has 3 aliphatic heterocycles. The summed E-state index contributed by atoms with van der Waals surface area (Å²) in [5.74, 6) is 3.01. The number of benzene rings is 1. The molecule has 22 heavy (non-hydrogen) atoms. The van der Waals surface area contributed by atoms with Crippen molar-refractivity contribution in [2.45, 2.75) is 38.0 Å². The molecule has 1 atom stereocenters. The van der Waals surface area contributed by atoms with Gasteiger partial charge in [0.25, 0.3) is 0 Å². The minimum absolute atomic E-state index is 0.495. The largest absolute Gasteiger partial charge is 0.339 e. The van der Waals surface area contributed by atoms with Gasteiger partial charge in [-0.05, 0) is 50.3 Å². The molecule has 4 nitrogen and oxygen atoms in total. The van der Waals surface area contributed by atoms with Gasteiger partial charge < -0.3 is 9.42 Å². The van der Waals surface area contributed by atoms with Crippen LogP contribution in [-0.4, -0.2) is 34.7 Å². The summed E-state index contributed by atoms with van der Waals surface area (Å²) in [5.41, 5.74) is 1.37. The van der Waals surface area contributed by atoms with Gasteiger partial charge in [0.15, 0.2) is 5.82 Å². The standard InChI is InChI=1S/C18H23N3O/c1-2-5-14(6-3-1)7-4-8-17-19-18(20-22-17)16-13-21-11-9-15(16)10-12-21/h1-3,5-6,15-16H,4,7-13H2. The number of aromatic nitrogens is 2. The van der Waals surface area contributed by atoms with Crippen molar-refractivity contribution in [2.24, 2.45) is 5.92 Å². The summed E-state index contributed by atoms with van der Waals surface area (Å²) in [6.45, 7) is 3.62. The van der Waals surface area contributed by atoms with E-state index in [0.717, 1.165) is 43.4 Å². The Morgan fingerprint density at radius 1 is 1.09 bits per heavy atom. The second-order valence-corrected chi connectivity index (χ2v) is 6.63. The Balaban J connectivity index is 1.34. The molecule has 2 aromatic rings. The smallest absolute Gasteiger partial charge is 0.226 e. The van der Waals surface area contributed by atoms with E-state index < -0.39 is 0 Å². The summed E-state index contributed by atoms with van der Waals surface area (Å²) in [6, 6.07) is 10.6. The fourth-order valence-electron chi connectivity index (χ4n) is 3.87. The molecule has 0 radical (unpaired) electrons. The van der Waals surface area contributed by atoms with E-state index in [1.54, 1.807) is 0 Å². The predicted octanol–water partition coefficient (Wildman–Crippen LogP) is 3.05. The highest BCUT2D eigenvalue weighted by molar-refractivity contribution is 5.14. The van der Waals surface area contributed by atoms with Crippen molar-refractivity contribution in [1.29, 1.82) is 0 Å². The Labute approximate surface area is 131 Å². The lowest BCUT2D eigenvalue weighted by Gasteiger charge is -2.43. The highest BCUT2D eigenvalue weighted by Crippen LogP contribution is 2.37. The van der Waals surface area contributed by atoms with Crippen LogP contribution in [0, 0.1) is 5.92 Å². The van der Waals surface area contributed by atoms with Crippen LogP contribution in [0.3, 0.4) is 0 Å². The van der Waals surface area contributed by atoms with Crippen LogP contribution in [0.15, 0.2) is 34.9 Å². The maximum Gasteiger partial charge on any atom is 0.226 e. The maximum atomic E-state index is 5.48. The third-order valence-corrected chi connectivity index (χ3v) is 5.17. The average Bonchev–Trinajstić information content (AvgIpc) is 3.06. The van der Waals surface area contributed by atoms with Gasteiger partial charge in [0, 0.05) is 18.9 Å². The number of aryl methyl sites for hydroxylation is 2. The van der Waals surface area contributed by atoms with Gasteiger partial charge in [-0.25, -0.2) is 0 Å². The number of hydrogen-bond donors (Lipinski definition) is 0. The first kappa shape index (κ1) is 13.9. The highest BCUT2D eigenvalue weighted by atomic mass is 16.5. The van der Waals surface area contributed by atoms with Crippen LogP contribution in [0.2, 0.25) is 0 Å². The van der Waals surface area contributed by atoms with Gasteiger partial charge in [-0.2, -0.15) is 4.98 Å². The van der Waals surface area contributed by atoms with Gasteiger partial charge in [-0.3, -0.25) is 0 Å². The Hall–Kier alpha value is -1.68. The van der Waals surface area contributed by atoms with Crippen molar-refractivity contribution in [3.63, 3.8) is 0 Å². The van der Waals surface area contributed by atoms with Crippen LogP contribution < -0.4 is 0 Å². The van der Waals surface area contributed by atoms with E-state index in [9.17, 15) is 0 Å². The van der Waals surface area contributed by atoms with Crippen molar-refractivity contribution in [2.75, 3.05) is 19.6 Å². The van der Waals surface area contributed by atoms with Gasteiger partial charge in [-0.1, -0.05) is 35.5 Å². The fourth-order valence-corrected chi connectivity index (χ4v) is 3.87. The molecule has 3 saturated heterocycles. The lowest BCUT2D eigenvalue weighted by molar-refractivity contribution is 0.0825. The zero-order valence-corrected chi connectivity index (χ0v) is 12.9. The van der Waals surface area contributed by atoms with Crippen LogP contribution >= 0.6 is 0 Å². The third kappa shape index (κ3) is 2.93. The molecular formula is C18H23N3O. The van der Waals surface area contributed by atoms with Crippen molar-refractivity contribution in [1.82, 2.24) is 15.0 Å². The number of fused-ring (bicyclic) bond motifs is 3. The van der Waals surface area contributed by atoms with E-state index in [2.05, 4.69) is 45.4 Å². The molecule has 0 amide bonds. The summed E-state index contributed by atoms with van der Waals surface area (Å²) < 4.78 is 5.48. The highest BCUT2D eigenvalue weighted by Gasteiger charge is 2.37. The molecule has 116 valence electrons. The monoisotopic (exact) mass is 297 g/mol. The molecule has 1 aromatic carbocycles. The van der Waals surface area contributed by atoms with Gasteiger partial charge in [-0.15, -0.1) is 0 Å². The molecule has 4 heteroatoms. The lowest BCUT2D eigenvalue weighted by Crippen LogP contribution is -2.46. The molecule has 0 aliphatic carbocycles. The number of nitrogens with zero attached hydrogens (tertiary/aromatic N) is 3. The molecule has 0 spiro atoms. The van der Waals surface area contributed by atoms with Crippen molar-refractivity contribution < 1.29 is 4.52 Å². The maximum absolute atomic E-state index is 5.48. The van der Waals surface area contributed by atoms with Crippen molar-refractivity contribution in [3.8, 4) is 0 Å². The first-order chi connectivity index (χ1) is 10.9. The van der Waals surface area contributed by atoms with Crippen LogP contribution in [0.1, 0.15) is 42.5 Å². The van der Waals surface area contributed by atoms with E-state index in [0.29, 0.717) is 5.92 Å². The molecule has 3 fully saturated rings. The van der Waals surface area contributed by atoms with Crippen molar-refractivity contribution >= 4 is 0 Å². The molecule has 0 saturated carbocycles. The van der Waals surface area contributed by atoms with Crippen LogP contribution in [-0.2, 0) is 12.8 Å². The minimum Gasteiger partial charge on any atom is -0.339 e. The summed E-state index contributed by atoms with van der Waals surface area (Å²) in [6.07, 6.45) is 5.60. The van der Waals surface area contributed by atoms with Crippen LogP contribution in [0.5, 0.6) is 0 Å². The fraction of sp³-hybridized carbons (Fsp3) is 0.556. The topological polar surface area (TPSA) is 42.2 Å². The Bertz CT molecular complexity index is 602. The quantitative estimate of drug-likeness (QED) is 0.850. The predicted molar refractivity (Wildman–Crippen MR) is 84.7 cm³/mol. The normalized spacial score (nSPS) is 27.2. The Morgan fingerprint density at radius 2 is 1.91 bits per heavy atom. The second kappa shape index (κ2) is 6.21. The first-order valence-electron chi connectivity index (χ1n) is 8.47.